The van der Waals surface area contributed by atoms with Gasteiger partial charge in [-0.15, -0.1) is 0 Å². The van der Waals surface area contributed by atoms with Crippen molar-refractivity contribution in [3.05, 3.63) is 52.1 Å². The highest BCUT2D eigenvalue weighted by Gasteiger charge is 2.56. The van der Waals surface area contributed by atoms with Crippen LogP contribution < -0.4 is 0 Å². The summed E-state index contributed by atoms with van der Waals surface area (Å²) < 4.78 is 4.16. The van der Waals surface area contributed by atoms with Gasteiger partial charge in [-0.2, -0.15) is 4.67 Å². The molecule has 0 heterocycles. The van der Waals surface area contributed by atoms with Gasteiger partial charge in [0.2, 0.25) is 0 Å². The number of fused-ring (bicyclic) bond motifs is 5. The van der Waals surface area contributed by atoms with Gasteiger partial charge in [0, 0.05) is 11.5 Å². The largest absolute Gasteiger partial charge is 0.258 e. The van der Waals surface area contributed by atoms with Crippen molar-refractivity contribution >= 4 is 13.8 Å². The Balaban J connectivity index is 1.40. The predicted molar refractivity (Wildman–Crippen MR) is 258 cm³/mol. The van der Waals surface area contributed by atoms with E-state index in [0.717, 1.165) is 16.2 Å². The second kappa shape index (κ2) is 19.5. The summed E-state index contributed by atoms with van der Waals surface area (Å²) in [6.45, 7) is 20.6. The Labute approximate surface area is 362 Å². The SMILES string of the molecule is CCCCCCCCCCC1(CCCCCCCCCC)C2=CC3C(C=C2c2cc4c(cc21)C(C)(C)CCC4(C)C)CCC3[Si](C)(C)N(C1CCCCC1)[N+](C)(C)C. The molecule has 6 rings (SSSR count). The lowest BCUT2D eigenvalue weighted by Crippen LogP contribution is -2.69. The highest BCUT2D eigenvalue weighted by Crippen LogP contribution is 2.63. The zero-order valence-corrected chi connectivity index (χ0v) is 41.6. The lowest BCUT2D eigenvalue weighted by molar-refractivity contribution is -0.975. The molecule has 2 nitrogen and oxygen atoms in total. The van der Waals surface area contributed by atoms with E-state index in [0.29, 0.717) is 11.8 Å². The van der Waals surface area contributed by atoms with Crippen molar-refractivity contribution in [2.45, 2.75) is 256 Å². The van der Waals surface area contributed by atoms with Crippen LogP contribution in [0.2, 0.25) is 18.6 Å². The lowest BCUT2D eigenvalue weighted by atomic mass is 9.61. The standard InChI is InChI=1S/C55H95N2Si/c1-12-14-16-18-20-22-24-29-35-55(36-30-25-23-21-19-17-15-13-2)48-40-45-43(33-34-52(45)58(10,11)56(57(7,8)9)44-31-27-26-28-32-44)39-46(48)47-41-50-51(42-49(47)55)54(5,6)38-37-53(50,3)4/h39-45,52H,12-38H2,1-11H3/q+1. The fourth-order valence-electron chi connectivity index (χ4n) is 13.9. The van der Waals surface area contributed by atoms with Crippen LogP contribution in [0, 0.1) is 11.8 Å². The number of hydrogen-bond donors (Lipinski definition) is 0. The number of hydrogen-bond acceptors (Lipinski definition) is 1. The summed E-state index contributed by atoms with van der Waals surface area (Å²) >= 11 is 0. The summed E-state index contributed by atoms with van der Waals surface area (Å²) in [5, 5.41) is 0. The molecule has 1 aromatic rings. The first-order chi connectivity index (χ1) is 27.6. The van der Waals surface area contributed by atoms with E-state index in [-0.39, 0.29) is 16.2 Å². The molecule has 0 spiro atoms. The van der Waals surface area contributed by atoms with E-state index in [1.165, 1.54) is 173 Å². The Morgan fingerprint density at radius 3 is 1.62 bits per heavy atom. The van der Waals surface area contributed by atoms with Crippen molar-refractivity contribution in [3.8, 4) is 0 Å². The maximum Gasteiger partial charge on any atom is 0.190 e. The molecule has 1 aromatic carbocycles. The fourth-order valence-corrected chi connectivity index (χ4v) is 19.2. The van der Waals surface area contributed by atoms with E-state index in [2.05, 4.69) is 105 Å². The van der Waals surface area contributed by atoms with Crippen LogP contribution in [-0.4, -0.2) is 44.7 Å². The molecule has 2 fully saturated rings. The van der Waals surface area contributed by atoms with Crippen molar-refractivity contribution in [1.29, 1.82) is 0 Å². The Morgan fingerprint density at radius 1 is 0.603 bits per heavy atom. The first-order valence-electron chi connectivity index (χ1n) is 25.8. The molecular weight excluding hydrogens is 717 g/mol. The number of benzene rings is 1. The quantitative estimate of drug-likeness (QED) is 0.0488. The van der Waals surface area contributed by atoms with Gasteiger partial charge in [-0.05, 0) is 107 Å². The Kier molecular flexibility index (Phi) is 15.6. The van der Waals surface area contributed by atoms with Gasteiger partial charge in [-0.25, -0.2) is 0 Å². The molecule has 0 saturated heterocycles. The minimum absolute atomic E-state index is 0.172. The van der Waals surface area contributed by atoms with Crippen LogP contribution in [0.4, 0.5) is 0 Å². The highest BCUT2D eigenvalue weighted by atomic mass is 28.3. The lowest BCUT2D eigenvalue weighted by Gasteiger charge is -2.53. The van der Waals surface area contributed by atoms with E-state index in [1.54, 1.807) is 27.8 Å². The van der Waals surface area contributed by atoms with Crippen molar-refractivity contribution < 1.29 is 4.59 Å². The summed E-state index contributed by atoms with van der Waals surface area (Å²) in [5.41, 5.74) is 11.8. The molecule has 328 valence electrons. The maximum absolute atomic E-state index is 3.15. The monoisotopic (exact) mass is 812 g/mol. The zero-order valence-electron chi connectivity index (χ0n) is 40.6. The third kappa shape index (κ3) is 9.88. The number of rotatable bonds is 22. The van der Waals surface area contributed by atoms with Gasteiger partial charge >= 0.3 is 0 Å². The molecular formula is C55H95N2Si+. The Hall–Kier alpha value is -1.16. The molecule has 58 heavy (non-hydrogen) atoms. The predicted octanol–water partition coefficient (Wildman–Crippen LogP) is 16.5. The molecule has 3 atom stereocenters. The highest BCUT2D eigenvalue weighted by molar-refractivity contribution is 6.76. The van der Waals surface area contributed by atoms with Crippen molar-refractivity contribution in [1.82, 2.24) is 4.67 Å². The molecule has 5 aliphatic carbocycles. The normalized spacial score (nSPS) is 24.9. The third-order valence-corrected chi connectivity index (χ3v) is 21.7. The molecule has 0 bridgehead atoms. The van der Waals surface area contributed by atoms with E-state index >= 15 is 0 Å². The average molecular weight is 812 g/mol. The number of quaternary nitrogens is 1. The van der Waals surface area contributed by atoms with Crippen LogP contribution in [0.15, 0.2) is 29.9 Å². The topological polar surface area (TPSA) is 3.24 Å². The second-order valence-electron chi connectivity index (χ2n) is 23.6. The van der Waals surface area contributed by atoms with Gasteiger partial charge in [0.25, 0.3) is 0 Å². The molecule has 2 saturated carbocycles. The molecule has 0 N–H and O–H groups in total. The second-order valence-corrected chi connectivity index (χ2v) is 28.1. The molecule has 0 aliphatic heterocycles. The smallest absolute Gasteiger partial charge is 0.190 e. The van der Waals surface area contributed by atoms with Gasteiger partial charge in [0.15, 0.2) is 8.24 Å². The number of unbranched alkanes of at least 4 members (excludes halogenated alkanes) is 14. The minimum Gasteiger partial charge on any atom is -0.258 e. The van der Waals surface area contributed by atoms with Gasteiger partial charge in [0.05, 0.1) is 21.1 Å². The van der Waals surface area contributed by atoms with Crippen molar-refractivity contribution in [2.24, 2.45) is 11.8 Å². The molecule has 5 aliphatic rings. The van der Waals surface area contributed by atoms with E-state index < -0.39 is 8.24 Å². The van der Waals surface area contributed by atoms with E-state index in [9.17, 15) is 0 Å². The van der Waals surface area contributed by atoms with Crippen molar-refractivity contribution in [2.75, 3.05) is 21.1 Å². The number of allylic oxidation sites excluding steroid dienone is 4. The molecule has 0 aromatic heterocycles. The summed E-state index contributed by atoms with van der Waals surface area (Å²) in [7, 11) is 5.68. The zero-order chi connectivity index (χ0) is 41.8. The maximum atomic E-state index is 3.15. The summed E-state index contributed by atoms with van der Waals surface area (Å²) in [5.74, 6) is 1.40. The van der Waals surface area contributed by atoms with Crippen LogP contribution in [0.3, 0.4) is 0 Å². The Bertz CT molecular complexity index is 1530. The first-order valence-corrected chi connectivity index (χ1v) is 28.9. The fraction of sp³-hybridized carbons (Fsp3) is 0.818. The van der Waals surface area contributed by atoms with Gasteiger partial charge in [-0.3, -0.25) is 4.59 Å². The van der Waals surface area contributed by atoms with Gasteiger partial charge in [0.1, 0.15) is 0 Å². The van der Waals surface area contributed by atoms with E-state index in [4.69, 9.17) is 0 Å². The van der Waals surface area contributed by atoms with Gasteiger partial charge < -0.3 is 0 Å². The molecule has 0 amide bonds. The molecule has 0 radical (unpaired) electrons. The Morgan fingerprint density at radius 2 is 1.10 bits per heavy atom. The van der Waals surface area contributed by atoms with Crippen LogP contribution in [0.25, 0.3) is 5.57 Å². The van der Waals surface area contributed by atoms with Crippen LogP contribution in [0.5, 0.6) is 0 Å². The number of nitrogens with zero attached hydrogens (tertiary/aromatic N) is 2. The van der Waals surface area contributed by atoms with Crippen LogP contribution in [-0.2, 0) is 16.2 Å². The van der Waals surface area contributed by atoms with Gasteiger partial charge in [-0.1, -0.05) is 207 Å². The minimum atomic E-state index is -1.83. The van der Waals surface area contributed by atoms with Crippen molar-refractivity contribution in [3.63, 3.8) is 0 Å². The molecule has 3 heteroatoms. The summed E-state index contributed by atoms with van der Waals surface area (Å²) in [4.78, 5) is 0. The molecule has 3 unspecified atom stereocenters. The van der Waals surface area contributed by atoms with Crippen LogP contribution in [0.1, 0.15) is 237 Å². The van der Waals surface area contributed by atoms with E-state index in [1.807, 2.05) is 5.57 Å². The summed E-state index contributed by atoms with van der Waals surface area (Å²) in [6.07, 6.45) is 43.7. The summed E-state index contributed by atoms with van der Waals surface area (Å²) in [6, 6.07) is 6.44. The first kappa shape index (κ1) is 46.3. The third-order valence-electron chi connectivity index (χ3n) is 17.1. The van der Waals surface area contributed by atoms with Crippen LogP contribution >= 0.6 is 0 Å². The average Bonchev–Trinajstić information content (AvgIpc) is 3.71.